The van der Waals surface area contributed by atoms with Crippen LogP contribution in [0.25, 0.3) is 0 Å². The molecule has 0 radical (unpaired) electrons. The Kier molecular flexibility index (Phi) is 6.23. The molecule has 11 heteroatoms. The van der Waals surface area contributed by atoms with E-state index in [1.807, 2.05) is 19.2 Å². The number of hydrogen-bond acceptors (Lipinski definition) is 7. The van der Waals surface area contributed by atoms with Crippen LogP contribution in [-0.2, 0) is 10.0 Å². The zero-order valence-corrected chi connectivity index (χ0v) is 18.0. The van der Waals surface area contributed by atoms with Crippen molar-refractivity contribution < 1.29 is 13.2 Å². The van der Waals surface area contributed by atoms with E-state index in [-0.39, 0.29) is 15.5 Å². The van der Waals surface area contributed by atoms with Crippen LogP contribution in [0.1, 0.15) is 15.9 Å². The number of hydrogen-bond donors (Lipinski definition) is 2. The Labute approximate surface area is 175 Å². The van der Waals surface area contributed by atoms with Gasteiger partial charge in [-0.25, -0.2) is 8.42 Å². The third-order valence-corrected chi connectivity index (χ3v) is 7.23. The molecule has 0 fully saturated rings. The van der Waals surface area contributed by atoms with Crippen molar-refractivity contribution in [1.29, 1.82) is 0 Å². The zero-order valence-electron chi connectivity index (χ0n) is 14.8. The molecule has 1 aromatic heterocycles. The van der Waals surface area contributed by atoms with Gasteiger partial charge in [-0.05, 0) is 49.1 Å². The number of carbonyl (C=O) groups is 1. The van der Waals surface area contributed by atoms with Gasteiger partial charge in [0.2, 0.25) is 5.13 Å². The van der Waals surface area contributed by atoms with Crippen molar-refractivity contribution in [2.24, 2.45) is 0 Å². The fourth-order valence-corrected chi connectivity index (χ4v) is 5.02. The van der Waals surface area contributed by atoms with E-state index in [1.54, 1.807) is 18.2 Å². The Balaban J connectivity index is 1.86. The van der Waals surface area contributed by atoms with E-state index in [2.05, 4.69) is 20.2 Å². The number of nitrogens with one attached hydrogen (secondary N) is 2. The van der Waals surface area contributed by atoms with E-state index >= 15 is 0 Å². The Morgan fingerprint density at radius 2 is 1.96 bits per heavy atom. The summed E-state index contributed by atoms with van der Waals surface area (Å²) in [6.07, 6.45) is 1.85. The summed E-state index contributed by atoms with van der Waals surface area (Å²) in [5, 5.41) is 10.7. The van der Waals surface area contributed by atoms with Gasteiger partial charge in [-0.3, -0.25) is 14.8 Å². The smallest absolute Gasteiger partial charge is 0.263 e. The molecular weight excluding hydrogens is 440 g/mol. The summed E-state index contributed by atoms with van der Waals surface area (Å²) in [6.45, 7) is 1.85. The maximum absolute atomic E-state index is 12.8. The molecule has 2 N–H and O–H groups in total. The predicted octanol–water partition coefficient (Wildman–Crippen LogP) is 4.27. The summed E-state index contributed by atoms with van der Waals surface area (Å²) >= 11 is 8.73. The summed E-state index contributed by atoms with van der Waals surface area (Å²) in [7, 11) is -3.98. The second-order valence-electron chi connectivity index (χ2n) is 5.65. The third-order valence-electron chi connectivity index (χ3n) is 3.55. The number of aryl methyl sites for hydroxylation is 1. The van der Waals surface area contributed by atoms with Gasteiger partial charge in [-0.15, -0.1) is 10.2 Å². The van der Waals surface area contributed by atoms with E-state index in [1.165, 1.54) is 41.3 Å². The second-order valence-corrected chi connectivity index (χ2v) is 9.74. The summed E-state index contributed by atoms with van der Waals surface area (Å²) in [5.41, 5.74) is 1.44. The molecule has 7 nitrogen and oxygen atoms in total. The second kappa shape index (κ2) is 8.48. The fraction of sp³-hybridized carbons (Fsp3) is 0.118. The molecule has 0 atom stereocenters. The highest BCUT2D eigenvalue weighted by Crippen LogP contribution is 2.27. The molecule has 28 heavy (non-hydrogen) atoms. The van der Waals surface area contributed by atoms with Crippen molar-refractivity contribution in [2.75, 3.05) is 16.3 Å². The van der Waals surface area contributed by atoms with Crippen LogP contribution in [0.4, 0.5) is 10.8 Å². The van der Waals surface area contributed by atoms with Crippen molar-refractivity contribution in [1.82, 2.24) is 10.2 Å². The number of amides is 1. The third kappa shape index (κ3) is 4.82. The first-order chi connectivity index (χ1) is 13.3. The number of sulfonamides is 1. The van der Waals surface area contributed by atoms with E-state index in [4.69, 9.17) is 11.6 Å². The monoisotopic (exact) mass is 454 g/mol. The van der Waals surface area contributed by atoms with Gasteiger partial charge in [0.25, 0.3) is 15.9 Å². The van der Waals surface area contributed by atoms with Crippen molar-refractivity contribution >= 4 is 61.4 Å². The standard InChI is InChI=1S/C17H15ClN4O3S3/c1-10-4-3-5-12(8-10)22-28(24,25)14-9-11(6-7-13(14)18)15(23)19-16-20-21-17(26-2)27-16/h3-9,22H,1-2H3,(H,19,20,23). The van der Waals surface area contributed by atoms with Gasteiger partial charge < -0.3 is 0 Å². The van der Waals surface area contributed by atoms with E-state index in [0.29, 0.717) is 15.2 Å². The van der Waals surface area contributed by atoms with Crippen molar-refractivity contribution in [3.63, 3.8) is 0 Å². The first kappa shape index (κ1) is 20.6. The fourth-order valence-electron chi connectivity index (χ4n) is 2.28. The number of halogens is 1. The van der Waals surface area contributed by atoms with Crippen LogP contribution in [-0.4, -0.2) is 30.8 Å². The lowest BCUT2D eigenvalue weighted by Crippen LogP contribution is -2.16. The van der Waals surface area contributed by atoms with Crippen LogP contribution in [0, 0.1) is 6.92 Å². The van der Waals surface area contributed by atoms with Gasteiger partial charge in [0.15, 0.2) is 4.34 Å². The zero-order chi connectivity index (χ0) is 20.3. The van der Waals surface area contributed by atoms with Crippen LogP contribution >= 0.6 is 34.7 Å². The largest absolute Gasteiger partial charge is 0.296 e. The topological polar surface area (TPSA) is 101 Å². The normalized spacial score (nSPS) is 11.2. The summed E-state index contributed by atoms with van der Waals surface area (Å²) in [4.78, 5) is 12.3. The highest BCUT2D eigenvalue weighted by molar-refractivity contribution is 8.00. The van der Waals surface area contributed by atoms with Crippen molar-refractivity contribution in [3.8, 4) is 0 Å². The molecule has 0 unspecified atom stereocenters. The summed E-state index contributed by atoms with van der Waals surface area (Å²) in [6, 6.07) is 11.0. The van der Waals surface area contributed by atoms with Crippen molar-refractivity contribution in [3.05, 3.63) is 58.6 Å². The predicted molar refractivity (Wildman–Crippen MR) is 113 cm³/mol. The molecule has 0 bridgehead atoms. The quantitative estimate of drug-likeness (QED) is 0.426. The minimum Gasteiger partial charge on any atom is -0.296 e. The minimum absolute atomic E-state index is 0.0114. The Bertz CT molecular complexity index is 1130. The van der Waals surface area contributed by atoms with Gasteiger partial charge in [-0.2, -0.15) is 0 Å². The molecule has 0 spiro atoms. The van der Waals surface area contributed by atoms with E-state index in [0.717, 1.165) is 5.56 Å². The molecule has 3 rings (SSSR count). The number of thioether (sulfide) groups is 1. The molecule has 3 aromatic rings. The Hall–Kier alpha value is -2.14. The summed E-state index contributed by atoms with van der Waals surface area (Å²) in [5.74, 6) is -0.507. The molecule has 1 amide bonds. The average molecular weight is 455 g/mol. The van der Waals surface area contributed by atoms with Crippen LogP contribution in [0.3, 0.4) is 0 Å². The van der Waals surface area contributed by atoms with Crippen molar-refractivity contribution in [2.45, 2.75) is 16.2 Å². The molecule has 0 saturated heterocycles. The van der Waals surface area contributed by atoms with Gasteiger partial charge in [0, 0.05) is 11.3 Å². The molecule has 0 aliphatic heterocycles. The number of rotatable bonds is 6. The highest BCUT2D eigenvalue weighted by Gasteiger charge is 2.21. The Morgan fingerprint density at radius 1 is 1.18 bits per heavy atom. The number of nitrogens with zero attached hydrogens (tertiary/aromatic N) is 2. The van der Waals surface area contributed by atoms with Gasteiger partial charge in [-0.1, -0.05) is 46.8 Å². The number of aromatic nitrogens is 2. The van der Waals surface area contributed by atoms with Crippen LogP contribution in [0.2, 0.25) is 5.02 Å². The Morgan fingerprint density at radius 3 is 2.64 bits per heavy atom. The van der Waals surface area contributed by atoms with Gasteiger partial charge in [0.05, 0.1) is 5.02 Å². The highest BCUT2D eigenvalue weighted by atomic mass is 35.5. The molecule has 146 valence electrons. The maximum atomic E-state index is 12.8. The lowest BCUT2D eigenvalue weighted by molar-refractivity contribution is 0.102. The SMILES string of the molecule is CSc1nnc(NC(=O)c2ccc(Cl)c(S(=O)(=O)Nc3cccc(C)c3)c2)s1. The summed E-state index contributed by atoms with van der Waals surface area (Å²) < 4.78 is 28.7. The number of anilines is 2. The lowest BCUT2D eigenvalue weighted by Gasteiger charge is -2.11. The van der Waals surface area contributed by atoms with Gasteiger partial charge in [0.1, 0.15) is 4.90 Å². The lowest BCUT2D eigenvalue weighted by atomic mass is 10.2. The van der Waals surface area contributed by atoms with Gasteiger partial charge >= 0.3 is 0 Å². The molecule has 0 aliphatic carbocycles. The van der Waals surface area contributed by atoms with Crippen LogP contribution < -0.4 is 10.0 Å². The molecule has 2 aromatic carbocycles. The first-order valence-electron chi connectivity index (χ1n) is 7.86. The van der Waals surface area contributed by atoms with E-state index in [9.17, 15) is 13.2 Å². The van der Waals surface area contributed by atoms with Crippen LogP contribution in [0.5, 0.6) is 0 Å². The molecular formula is C17H15ClN4O3S3. The number of carbonyl (C=O) groups excluding carboxylic acids is 1. The van der Waals surface area contributed by atoms with Crippen LogP contribution in [0.15, 0.2) is 51.7 Å². The number of benzene rings is 2. The minimum atomic E-state index is -3.98. The maximum Gasteiger partial charge on any atom is 0.263 e. The first-order valence-corrected chi connectivity index (χ1v) is 11.8. The molecule has 0 aliphatic rings. The molecule has 1 heterocycles. The van der Waals surface area contributed by atoms with E-state index < -0.39 is 15.9 Å². The average Bonchev–Trinajstić information content (AvgIpc) is 3.09. The molecule has 0 saturated carbocycles.